The standard InChI is InChI=1S/C18H15N3O4/c1-11-6-7-12-4-3-5-14(17(12)19-11)20-18(22)13-8-9-16(25-2)15(10-13)21(23)24/h3-10H,1-2H3,(H,20,22). The van der Waals surface area contributed by atoms with Crippen molar-refractivity contribution in [3.63, 3.8) is 0 Å². The summed E-state index contributed by atoms with van der Waals surface area (Å²) in [7, 11) is 1.34. The van der Waals surface area contributed by atoms with Gasteiger partial charge in [0.2, 0.25) is 0 Å². The van der Waals surface area contributed by atoms with Crippen LogP contribution in [-0.4, -0.2) is 22.9 Å². The van der Waals surface area contributed by atoms with Gasteiger partial charge in [-0.1, -0.05) is 18.2 Å². The number of para-hydroxylation sites is 1. The number of rotatable bonds is 4. The Labute approximate surface area is 143 Å². The van der Waals surface area contributed by atoms with Gasteiger partial charge in [0.25, 0.3) is 5.91 Å². The number of nitro groups is 1. The highest BCUT2D eigenvalue weighted by Crippen LogP contribution is 2.28. The van der Waals surface area contributed by atoms with Crippen LogP contribution in [-0.2, 0) is 0 Å². The average molecular weight is 337 g/mol. The van der Waals surface area contributed by atoms with Gasteiger partial charge in [-0.15, -0.1) is 0 Å². The zero-order valence-electron chi connectivity index (χ0n) is 13.6. The third-order valence-corrected chi connectivity index (χ3v) is 3.75. The predicted octanol–water partition coefficient (Wildman–Crippen LogP) is 3.71. The van der Waals surface area contributed by atoms with Crippen molar-refractivity contribution in [1.29, 1.82) is 0 Å². The zero-order chi connectivity index (χ0) is 18.0. The van der Waals surface area contributed by atoms with E-state index in [-0.39, 0.29) is 17.0 Å². The minimum atomic E-state index is -0.585. The molecule has 3 rings (SSSR count). The number of benzene rings is 2. The number of nitrogens with zero attached hydrogens (tertiary/aromatic N) is 2. The number of hydrogen-bond acceptors (Lipinski definition) is 5. The van der Waals surface area contributed by atoms with E-state index in [0.717, 1.165) is 11.1 Å². The average Bonchev–Trinajstić information content (AvgIpc) is 2.61. The first-order valence-electron chi connectivity index (χ1n) is 7.50. The highest BCUT2D eigenvalue weighted by Gasteiger charge is 2.18. The molecule has 126 valence electrons. The van der Waals surface area contributed by atoms with Crippen LogP contribution in [0.1, 0.15) is 16.1 Å². The van der Waals surface area contributed by atoms with Gasteiger partial charge in [-0.25, -0.2) is 0 Å². The van der Waals surface area contributed by atoms with Gasteiger partial charge >= 0.3 is 5.69 Å². The van der Waals surface area contributed by atoms with Crippen LogP contribution in [0.15, 0.2) is 48.5 Å². The lowest BCUT2D eigenvalue weighted by atomic mass is 10.1. The Morgan fingerprint density at radius 2 is 2.00 bits per heavy atom. The first-order valence-corrected chi connectivity index (χ1v) is 7.50. The molecule has 0 saturated carbocycles. The van der Waals surface area contributed by atoms with Gasteiger partial charge in [0.1, 0.15) is 0 Å². The molecule has 1 amide bonds. The normalized spacial score (nSPS) is 10.5. The fourth-order valence-electron chi connectivity index (χ4n) is 2.51. The third kappa shape index (κ3) is 3.25. The van der Waals surface area contributed by atoms with E-state index in [1.807, 2.05) is 31.2 Å². The van der Waals surface area contributed by atoms with E-state index < -0.39 is 10.8 Å². The molecule has 1 N–H and O–H groups in total. The first kappa shape index (κ1) is 16.4. The number of aromatic nitrogens is 1. The van der Waals surface area contributed by atoms with Crippen molar-refractivity contribution < 1.29 is 14.5 Å². The summed E-state index contributed by atoms with van der Waals surface area (Å²) >= 11 is 0. The molecule has 3 aromatic rings. The molecule has 0 atom stereocenters. The van der Waals surface area contributed by atoms with Crippen LogP contribution < -0.4 is 10.1 Å². The Kier molecular flexibility index (Phi) is 4.30. The van der Waals surface area contributed by atoms with Gasteiger partial charge in [-0.05, 0) is 31.2 Å². The van der Waals surface area contributed by atoms with E-state index >= 15 is 0 Å². The lowest BCUT2D eigenvalue weighted by Crippen LogP contribution is -2.13. The SMILES string of the molecule is COc1ccc(C(=O)Nc2cccc3ccc(C)nc23)cc1[N+](=O)[O-]. The quantitative estimate of drug-likeness (QED) is 0.578. The van der Waals surface area contributed by atoms with Crippen molar-refractivity contribution in [3.8, 4) is 5.75 Å². The molecule has 7 nitrogen and oxygen atoms in total. The second-order valence-electron chi connectivity index (χ2n) is 5.43. The summed E-state index contributed by atoms with van der Waals surface area (Å²) in [4.78, 5) is 27.5. The number of pyridine rings is 1. The topological polar surface area (TPSA) is 94.4 Å². The number of nitrogens with one attached hydrogen (secondary N) is 1. The van der Waals surface area contributed by atoms with Crippen LogP contribution in [0.5, 0.6) is 5.75 Å². The molecule has 0 saturated heterocycles. The molecule has 0 fully saturated rings. The molecule has 2 aromatic carbocycles. The number of amides is 1. The van der Waals surface area contributed by atoms with Crippen molar-refractivity contribution in [2.24, 2.45) is 0 Å². The first-order chi connectivity index (χ1) is 12.0. The van der Waals surface area contributed by atoms with E-state index in [4.69, 9.17) is 4.74 Å². The number of fused-ring (bicyclic) bond motifs is 1. The summed E-state index contributed by atoms with van der Waals surface area (Å²) < 4.78 is 4.95. The number of carbonyl (C=O) groups is 1. The van der Waals surface area contributed by atoms with E-state index in [1.54, 1.807) is 6.07 Å². The van der Waals surface area contributed by atoms with Gasteiger partial charge in [0.15, 0.2) is 5.75 Å². The molecular weight excluding hydrogens is 322 g/mol. The highest BCUT2D eigenvalue weighted by molar-refractivity contribution is 6.08. The molecule has 0 unspecified atom stereocenters. The maximum absolute atomic E-state index is 12.5. The van der Waals surface area contributed by atoms with Gasteiger partial charge in [-0.2, -0.15) is 0 Å². The van der Waals surface area contributed by atoms with E-state index in [9.17, 15) is 14.9 Å². The Balaban J connectivity index is 1.97. The number of ether oxygens (including phenoxy) is 1. The van der Waals surface area contributed by atoms with Crippen molar-refractivity contribution >= 4 is 28.2 Å². The zero-order valence-corrected chi connectivity index (χ0v) is 13.6. The summed E-state index contributed by atoms with van der Waals surface area (Å²) in [6, 6.07) is 13.3. The molecule has 1 heterocycles. The van der Waals surface area contributed by atoms with Crippen LogP contribution in [0.3, 0.4) is 0 Å². The molecule has 0 aliphatic heterocycles. The van der Waals surface area contributed by atoms with E-state index in [2.05, 4.69) is 10.3 Å². The molecule has 0 aliphatic carbocycles. The van der Waals surface area contributed by atoms with Crippen LogP contribution in [0.2, 0.25) is 0 Å². The van der Waals surface area contributed by atoms with Gasteiger partial charge in [-0.3, -0.25) is 19.9 Å². The molecule has 7 heteroatoms. The summed E-state index contributed by atoms with van der Waals surface area (Å²) in [6.45, 7) is 1.87. The minimum Gasteiger partial charge on any atom is -0.490 e. The van der Waals surface area contributed by atoms with Gasteiger partial charge in [0.05, 0.1) is 23.2 Å². The smallest absolute Gasteiger partial charge is 0.311 e. The number of anilines is 1. The van der Waals surface area contributed by atoms with E-state index in [1.165, 1.54) is 25.3 Å². The van der Waals surface area contributed by atoms with Crippen LogP contribution >= 0.6 is 0 Å². The molecular formula is C18H15N3O4. The molecule has 0 spiro atoms. The van der Waals surface area contributed by atoms with Gasteiger partial charge in [0, 0.05) is 22.7 Å². The highest BCUT2D eigenvalue weighted by atomic mass is 16.6. The molecule has 1 aromatic heterocycles. The lowest BCUT2D eigenvalue weighted by Gasteiger charge is -2.09. The largest absolute Gasteiger partial charge is 0.490 e. The fourth-order valence-corrected chi connectivity index (χ4v) is 2.51. The number of hydrogen-bond donors (Lipinski definition) is 1. The van der Waals surface area contributed by atoms with Gasteiger partial charge < -0.3 is 10.1 Å². The monoisotopic (exact) mass is 337 g/mol. The fraction of sp³-hybridized carbons (Fsp3) is 0.111. The summed E-state index contributed by atoms with van der Waals surface area (Å²) in [5.41, 5.74) is 1.94. The molecule has 0 radical (unpaired) electrons. The van der Waals surface area contributed by atoms with Crippen molar-refractivity contribution in [1.82, 2.24) is 4.98 Å². The second kappa shape index (κ2) is 6.56. The number of carbonyl (C=O) groups excluding carboxylic acids is 1. The van der Waals surface area contributed by atoms with Crippen molar-refractivity contribution in [3.05, 3.63) is 69.9 Å². The van der Waals surface area contributed by atoms with Crippen LogP contribution in [0, 0.1) is 17.0 Å². The molecule has 25 heavy (non-hydrogen) atoms. The number of methoxy groups -OCH3 is 1. The Morgan fingerprint density at radius 3 is 2.72 bits per heavy atom. The maximum atomic E-state index is 12.5. The third-order valence-electron chi connectivity index (χ3n) is 3.75. The Morgan fingerprint density at radius 1 is 1.20 bits per heavy atom. The molecule has 0 aliphatic rings. The minimum absolute atomic E-state index is 0.101. The maximum Gasteiger partial charge on any atom is 0.311 e. The van der Waals surface area contributed by atoms with Crippen molar-refractivity contribution in [2.75, 3.05) is 12.4 Å². The summed E-state index contributed by atoms with van der Waals surface area (Å²) in [5, 5.41) is 14.8. The second-order valence-corrected chi connectivity index (χ2v) is 5.43. The Bertz CT molecular complexity index is 985. The number of aryl methyl sites for hydroxylation is 1. The van der Waals surface area contributed by atoms with Crippen LogP contribution in [0.25, 0.3) is 10.9 Å². The van der Waals surface area contributed by atoms with Crippen molar-refractivity contribution in [2.45, 2.75) is 6.92 Å². The lowest BCUT2D eigenvalue weighted by molar-refractivity contribution is -0.385. The number of nitro benzene ring substituents is 1. The molecule has 0 bridgehead atoms. The summed E-state index contributed by atoms with van der Waals surface area (Å²) in [6.07, 6.45) is 0. The van der Waals surface area contributed by atoms with Crippen LogP contribution in [0.4, 0.5) is 11.4 Å². The predicted molar refractivity (Wildman–Crippen MR) is 94.1 cm³/mol. The Hall–Kier alpha value is -3.48. The van der Waals surface area contributed by atoms with E-state index in [0.29, 0.717) is 11.2 Å². The summed E-state index contributed by atoms with van der Waals surface area (Å²) in [5.74, 6) is -0.356.